The van der Waals surface area contributed by atoms with Gasteiger partial charge in [-0.25, -0.2) is 4.98 Å². The third-order valence-electron chi connectivity index (χ3n) is 3.17. The summed E-state index contributed by atoms with van der Waals surface area (Å²) in [5, 5.41) is 4.09. The molecule has 19 heavy (non-hydrogen) atoms. The maximum Gasteiger partial charge on any atom is 0.417 e. The number of nitrogens with zero attached hydrogens (tertiary/aromatic N) is 1. The number of hydrogen-bond donors (Lipinski definition) is 1. The first kappa shape index (κ1) is 14.7. The fraction of sp³-hybridized carbons (Fsp3) is 0.615. The van der Waals surface area contributed by atoms with Crippen LogP contribution in [-0.2, 0) is 6.18 Å². The van der Waals surface area contributed by atoms with Crippen LogP contribution >= 0.6 is 11.8 Å². The van der Waals surface area contributed by atoms with Crippen LogP contribution in [0.4, 0.5) is 13.2 Å². The molecular weight excluding hydrogens is 273 g/mol. The van der Waals surface area contributed by atoms with Crippen LogP contribution in [-0.4, -0.2) is 23.3 Å². The van der Waals surface area contributed by atoms with Gasteiger partial charge in [0.05, 0.1) is 10.6 Å². The van der Waals surface area contributed by atoms with E-state index in [1.165, 1.54) is 30.7 Å². The molecule has 0 spiro atoms. The van der Waals surface area contributed by atoms with E-state index in [9.17, 15) is 13.2 Å². The van der Waals surface area contributed by atoms with E-state index in [4.69, 9.17) is 0 Å². The number of rotatable bonds is 5. The number of alkyl halides is 3. The molecule has 0 radical (unpaired) electrons. The second-order valence-corrected chi connectivity index (χ2v) is 5.78. The molecule has 2 heterocycles. The molecule has 1 N–H and O–H groups in total. The highest BCUT2D eigenvalue weighted by molar-refractivity contribution is 7.99. The van der Waals surface area contributed by atoms with Crippen LogP contribution < -0.4 is 5.32 Å². The maximum atomic E-state index is 12.3. The monoisotopic (exact) mass is 290 g/mol. The van der Waals surface area contributed by atoms with Gasteiger partial charge in [0.1, 0.15) is 0 Å². The van der Waals surface area contributed by atoms with E-state index in [1.54, 1.807) is 0 Å². The summed E-state index contributed by atoms with van der Waals surface area (Å²) in [5.41, 5.74) is -0.688. The van der Waals surface area contributed by atoms with Crippen molar-refractivity contribution < 1.29 is 13.2 Å². The third kappa shape index (κ3) is 4.69. The minimum Gasteiger partial charge on any atom is -0.314 e. The van der Waals surface area contributed by atoms with Crippen molar-refractivity contribution in [3.63, 3.8) is 0 Å². The summed E-state index contributed by atoms with van der Waals surface area (Å²) < 4.78 is 37.0. The molecule has 0 saturated carbocycles. The lowest BCUT2D eigenvalue weighted by atomic mass is 10.1. The van der Waals surface area contributed by atoms with Gasteiger partial charge in [-0.2, -0.15) is 13.2 Å². The Labute approximate surface area is 115 Å². The van der Waals surface area contributed by atoms with Gasteiger partial charge in [0.2, 0.25) is 0 Å². The Morgan fingerprint density at radius 3 is 2.79 bits per heavy atom. The van der Waals surface area contributed by atoms with Crippen LogP contribution in [0.3, 0.4) is 0 Å². The lowest BCUT2D eigenvalue weighted by molar-refractivity contribution is -0.137. The van der Waals surface area contributed by atoms with E-state index < -0.39 is 11.7 Å². The smallest absolute Gasteiger partial charge is 0.314 e. The minimum absolute atomic E-state index is 0.626. The molecule has 6 heteroatoms. The number of nitrogens with one attached hydrogen (secondary N) is 1. The summed E-state index contributed by atoms with van der Waals surface area (Å²) in [6, 6.07) is 3.16. The Kier molecular flexibility index (Phi) is 5.10. The zero-order valence-electron chi connectivity index (χ0n) is 10.5. The highest BCUT2D eigenvalue weighted by Crippen LogP contribution is 2.29. The maximum absolute atomic E-state index is 12.3. The molecule has 0 bridgehead atoms. The molecule has 1 aliphatic rings. The molecule has 0 amide bonds. The average Bonchev–Trinajstić information content (AvgIpc) is 2.87. The van der Waals surface area contributed by atoms with Gasteiger partial charge in [0, 0.05) is 12.2 Å². The molecule has 2 nitrogen and oxygen atoms in total. The molecule has 0 aliphatic carbocycles. The summed E-state index contributed by atoms with van der Waals surface area (Å²) >= 11 is 1.52. The van der Waals surface area contributed by atoms with Crippen molar-refractivity contribution in [1.29, 1.82) is 0 Å². The van der Waals surface area contributed by atoms with Crippen molar-refractivity contribution in [2.24, 2.45) is 0 Å². The van der Waals surface area contributed by atoms with Crippen molar-refractivity contribution >= 4 is 11.8 Å². The van der Waals surface area contributed by atoms with E-state index in [0.29, 0.717) is 11.1 Å². The number of hydrogen-bond acceptors (Lipinski definition) is 3. The third-order valence-corrected chi connectivity index (χ3v) is 4.20. The van der Waals surface area contributed by atoms with Crippen LogP contribution in [0.5, 0.6) is 0 Å². The first-order valence-electron chi connectivity index (χ1n) is 6.45. The fourth-order valence-corrected chi connectivity index (χ4v) is 2.95. The van der Waals surface area contributed by atoms with Crippen molar-refractivity contribution in [2.75, 3.05) is 12.3 Å². The lowest BCUT2D eigenvalue weighted by Gasteiger charge is -2.09. The topological polar surface area (TPSA) is 24.9 Å². The van der Waals surface area contributed by atoms with Crippen molar-refractivity contribution in [2.45, 2.75) is 42.9 Å². The van der Waals surface area contributed by atoms with Gasteiger partial charge in [-0.1, -0.05) is 0 Å². The molecule has 0 aromatic carbocycles. The highest BCUT2D eigenvalue weighted by Gasteiger charge is 2.30. The van der Waals surface area contributed by atoms with E-state index in [-0.39, 0.29) is 0 Å². The van der Waals surface area contributed by atoms with Gasteiger partial charge >= 0.3 is 6.18 Å². The van der Waals surface area contributed by atoms with E-state index in [0.717, 1.165) is 37.4 Å². The minimum atomic E-state index is -4.30. The predicted molar refractivity (Wildman–Crippen MR) is 70.2 cm³/mol. The Bertz CT molecular complexity index is 386. The Balaban J connectivity index is 1.71. The van der Waals surface area contributed by atoms with Crippen molar-refractivity contribution in [3.05, 3.63) is 23.9 Å². The van der Waals surface area contributed by atoms with Crippen LogP contribution in [0.2, 0.25) is 0 Å². The van der Waals surface area contributed by atoms with Gasteiger partial charge in [-0.15, -0.1) is 11.8 Å². The van der Waals surface area contributed by atoms with Crippen LogP contribution in [0.15, 0.2) is 23.4 Å². The van der Waals surface area contributed by atoms with Gasteiger partial charge in [-0.3, -0.25) is 0 Å². The molecule has 1 saturated heterocycles. The zero-order valence-corrected chi connectivity index (χ0v) is 11.4. The fourth-order valence-electron chi connectivity index (χ4n) is 2.14. The van der Waals surface area contributed by atoms with E-state index in [2.05, 4.69) is 10.3 Å². The standard InChI is InChI=1S/C13H17F3N2S/c14-13(15,16)10-5-6-12(18-9-10)19-8-2-4-11-3-1-7-17-11/h5-6,9,11,17H,1-4,7-8H2. The summed E-state index contributed by atoms with van der Waals surface area (Å²) in [7, 11) is 0. The second kappa shape index (κ2) is 6.61. The number of thioether (sulfide) groups is 1. The molecule has 1 fully saturated rings. The predicted octanol–water partition coefficient (Wildman–Crippen LogP) is 3.72. The average molecular weight is 290 g/mol. The molecule has 1 aliphatic heterocycles. The summed E-state index contributed by atoms with van der Waals surface area (Å²) in [4.78, 5) is 3.84. The summed E-state index contributed by atoms with van der Waals surface area (Å²) in [6.07, 6.45) is 1.28. The quantitative estimate of drug-likeness (QED) is 0.661. The summed E-state index contributed by atoms with van der Waals surface area (Å²) in [6.45, 7) is 1.11. The molecule has 1 aromatic heterocycles. The van der Waals surface area contributed by atoms with Gasteiger partial charge in [-0.05, 0) is 50.1 Å². The van der Waals surface area contributed by atoms with Gasteiger partial charge in [0.25, 0.3) is 0 Å². The van der Waals surface area contributed by atoms with E-state index >= 15 is 0 Å². The lowest BCUT2D eigenvalue weighted by Crippen LogP contribution is -2.20. The Hall–Kier alpha value is -0.750. The second-order valence-electron chi connectivity index (χ2n) is 4.67. The Morgan fingerprint density at radius 2 is 2.21 bits per heavy atom. The molecule has 2 rings (SSSR count). The number of pyridine rings is 1. The van der Waals surface area contributed by atoms with Crippen molar-refractivity contribution in [1.82, 2.24) is 10.3 Å². The molecule has 1 aromatic rings. The molecule has 1 atom stereocenters. The van der Waals surface area contributed by atoms with E-state index in [1.807, 2.05) is 0 Å². The largest absolute Gasteiger partial charge is 0.417 e. The normalized spacial score (nSPS) is 19.8. The Morgan fingerprint density at radius 1 is 1.37 bits per heavy atom. The summed E-state index contributed by atoms with van der Waals surface area (Å²) in [5.74, 6) is 0.899. The first-order chi connectivity index (χ1) is 9.05. The van der Waals surface area contributed by atoms with Crippen LogP contribution in [0, 0.1) is 0 Å². The van der Waals surface area contributed by atoms with Crippen LogP contribution in [0.1, 0.15) is 31.2 Å². The van der Waals surface area contributed by atoms with Crippen LogP contribution in [0.25, 0.3) is 0 Å². The number of aromatic nitrogens is 1. The molecular formula is C13H17F3N2S. The molecule has 1 unspecified atom stereocenters. The first-order valence-corrected chi connectivity index (χ1v) is 7.44. The zero-order chi connectivity index (χ0) is 13.7. The highest BCUT2D eigenvalue weighted by atomic mass is 32.2. The van der Waals surface area contributed by atoms with Gasteiger partial charge < -0.3 is 5.32 Å². The molecule has 106 valence electrons. The SMILES string of the molecule is FC(F)(F)c1ccc(SCCCC2CCCN2)nc1. The van der Waals surface area contributed by atoms with Crippen molar-refractivity contribution in [3.8, 4) is 0 Å². The number of halogens is 3. The van der Waals surface area contributed by atoms with Gasteiger partial charge in [0.15, 0.2) is 0 Å².